The maximum absolute atomic E-state index is 6.29. The Labute approximate surface area is 135 Å². The van der Waals surface area contributed by atoms with Crippen LogP contribution in [0.25, 0.3) is 10.9 Å². The van der Waals surface area contributed by atoms with Crippen LogP contribution in [0.2, 0.25) is 5.15 Å². The molecule has 0 spiro atoms. The second kappa shape index (κ2) is 6.77. The Hall–Kier alpha value is -1.43. The van der Waals surface area contributed by atoms with E-state index < -0.39 is 0 Å². The van der Waals surface area contributed by atoms with Crippen molar-refractivity contribution >= 4 is 22.5 Å². The fourth-order valence-electron chi connectivity index (χ4n) is 2.92. The van der Waals surface area contributed by atoms with E-state index in [0.717, 1.165) is 61.1 Å². The molecule has 5 nitrogen and oxygen atoms in total. The number of rotatable bonds is 4. The molecule has 0 aliphatic carbocycles. The summed E-state index contributed by atoms with van der Waals surface area (Å²) < 4.78 is 5.31. The van der Waals surface area contributed by atoms with Crippen LogP contribution < -0.4 is 10.5 Å². The summed E-state index contributed by atoms with van der Waals surface area (Å²) in [5, 5.41) is 9.73. The van der Waals surface area contributed by atoms with E-state index in [1.165, 1.54) is 0 Å². The van der Waals surface area contributed by atoms with Gasteiger partial charge in [-0.1, -0.05) is 11.6 Å². The third kappa shape index (κ3) is 3.32. The van der Waals surface area contributed by atoms with Crippen LogP contribution in [-0.4, -0.2) is 47.9 Å². The number of nitrogens with two attached hydrogens (primary N) is 1. The zero-order chi connectivity index (χ0) is 15.5. The van der Waals surface area contributed by atoms with Gasteiger partial charge in [0.25, 0.3) is 0 Å². The molecular weight excluding hydrogens is 300 g/mol. The molecule has 3 rings (SSSR count). The molecule has 0 unspecified atom stereocenters. The van der Waals surface area contributed by atoms with E-state index in [0.29, 0.717) is 11.2 Å². The van der Waals surface area contributed by atoms with E-state index in [9.17, 15) is 0 Å². The first-order chi connectivity index (χ1) is 10.7. The Morgan fingerprint density at radius 1 is 1.32 bits per heavy atom. The lowest BCUT2D eigenvalue weighted by Gasteiger charge is -2.30. The van der Waals surface area contributed by atoms with Crippen molar-refractivity contribution in [2.24, 2.45) is 5.73 Å². The van der Waals surface area contributed by atoms with Crippen LogP contribution in [0.3, 0.4) is 0 Å². The molecule has 1 aliphatic rings. The minimum Gasteiger partial charge on any atom is -0.497 e. The lowest BCUT2D eigenvalue weighted by atomic mass is 10.0. The third-order valence-electron chi connectivity index (χ3n) is 4.33. The van der Waals surface area contributed by atoms with Gasteiger partial charge in [-0.25, -0.2) is 0 Å². The van der Waals surface area contributed by atoms with Crippen molar-refractivity contribution in [2.75, 3.05) is 26.7 Å². The minimum atomic E-state index is 0.354. The Kier molecular flexibility index (Phi) is 4.76. The second-order valence-corrected chi connectivity index (χ2v) is 6.14. The van der Waals surface area contributed by atoms with Crippen LogP contribution in [0.4, 0.5) is 0 Å². The SMILES string of the molecule is COc1ccc2nnc(Cl)c(CCN3CCC(N)CC3)c2c1. The van der Waals surface area contributed by atoms with Gasteiger partial charge in [0.2, 0.25) is 0 Å². The minimum absolute atomic E-state index is 0.354. The van der Waals surface area contributed by atoms with Crippen LogP contribution in [0.15, 0.2) is 18.2 Å². The molecule has 1 aromatic heterocycles. The van der Waals surface area contributed by atoms with Crippen LogP contribution in [-0.2, 0) is 6.42 Å². The van der Waals surface area contributed by atoms with E-state index in [-0.39, 0.29) is 0 Å². The lowest BCUT2D eigenvalue weighted by Crippen LogP contribution is -2.40. The quantitative estimate of drug-likeness (QED) is 0.936. The number of likely N-dealkylation sites (tertiary alicyclic amines) is 1. The number of hydrogen-bond acceptors (Lipinski definition) is 5. The fraction of sp³-hybridized carbons (Fsp3) is 0.500. The van der Waals surface area contributed by atoms with Gasteiger partial charge in [0.15, 0.2) is 5.15 Å². The Bertz CT molecular complexity index is 656. The Balaban J connectivity index is 1.81. The Morgan fingerprint density at radius 3 is 2.82 bits per heavy atom. The van der Waals surface area contributed by atoms with Gasteiger partial charge in [-0.3, -0.25) is 0 Å². The summed E-state index contributed by atoms with van der Waals surface area (Å²) in [6, 6.07) is 6.14. The van der Waals surface area contributed by atoms with Crippen LogP contribution in [0.5, 0.6) is 5.75 Å². The molecule has 0 amide bonds. The summed E-state index contributed by atoms with van der Waals surface area (Å²) in [4.78, 5) is 2.44. The molecular formula is C16H21ClN4O. The standard InChI is InChI=1S/C16H21ClN4O/c1-22-12-2-3-15-14(10-12)13(16(17)20-19-15)6-9-21-7-4-11(18)5-8-21/h2-3,10-11H,4-9,18H2,1H3. The molecule has 1 fully saturated rings. The molecule has 22 heavy (non-hydrogen) atoms. The topological polar surface area (TPSA) is 64.3 Å². The van der Waals surface area contributed by atoms with E-state index in [2.05, 4.69) is 15.1 Å². The van der Waals surface area contributed by atoms with Gasteiger partial charge < -0.3 is 15.4 Å². The second-order valence-electron chi connectivity index (χ2n) is 5.78. The summed E-state index contributed by atoms with van der Waals surface area (Å²) in [6.45, 7) is 3.07. The van der Waals surface area contributed by atoms with E-state index in [1.54, 1.807) is 7.11 Å². The van der Waals surface area contributed by atoms with Crippen LogP contribution in [0.1, 0.15) is 18.4 Å². The van der Waals surface area contributed by atoms with Crippen molar-refractivity contribution in [3.63, 3.8) is 0 Å². The monoisotopic (exact) mass is 320 g/mol. The number of ether oxygens (including phenoxy) is 1. The molecule has 118 valence electrons. The van der Waals surface area contributed by atoms with Crippen LogP contribution in [0, 0.1) is 0 Å². The molecule has 1 saturated heterocycles. The highest BCUT2D eigenvalue weighted by atomic mass is 35.5. The number of piperidine rings is 1. The first-order valence-corrected chi connectivity index (χ1v) is 8.02. The van der Waals surface area contributed by atoms with E-state index in [4.69, 9.17) is 22.1 Å². The summed E-state index contributed by atoms with van der Waals surface area (Å²) >= 11 is 6.29. The van der Waals surface area contributed by atoms with Crippen molar-refractivity contribution in [3.8, 4) is 5.75 Å². The molecule has 6 heteroatoms. The normalized spacial score (nSPS) is 17.0. The zero-order valence-electron chi connectivity index (χ0n) is 12.8. The van der Waals surface area contributed by atoms with Crippen molar-refractivity contribution in [2.45, 2.75) is 25.3 Å². The number of methoxy groups -OCH3 is 1. The fourth-order valence-corrected chi connectivity index (χ4v) is 3.16. The molecule has 1 aliphatic heterocycles. The molecule has 2 aromatic rings. The average Bonchev–Trinajstić information content (AvgIpc) is 2.55. The van der Waals surface area contributed by atoms with Crippen molar-refractivity contribution in [1.29, 1.82) is 0 Å². The molecule has 0 radical (unpaired) electrons. The first-order valence-electron chi connectivity index (χ1n) is 7.64. The zero-order valence-corrected chi connectivity index (χ0v) is 13.5. The molecule has 0 saturated carbocycles. The summed E-state index contributed by atoms with van der Waals surface area (Å²) in [7, 11) is 1.66. The number of halogens is 1. The number of nitrogens with zero attached hydrogens (tertiary/aromatic N) is 3. The van der Waals surface area contributed by atoms with E-state index >= 15 is 0 Å². The maximum atomic E-state index is 6.29. The van der Waals surface area contributed by atoms with Crippen LogP contribution >= 0.6 is 11.6 Å². The maximum Gasteiger partial charge on any atom is 0.155 e. The van der Waals surface area contributed by atoms with Gasteiger partial charge in [-0.2, -0.15) is 0 Å². The molecule has 2 heterocycles. The third-order valence-corrected chi connectivity index (χ3v) is 4.64. The van der Waals surface area contributed by atoms with E-state index in [1.807, 2.05) is 18.2 Å². The highest BCUT2D eigenvalue weighted by molar-refractivity contribution is 6.30. The molecule has 0 atom stereocenters. The smallest absolute Gasteiger partial charge is 0.155 e. The summed E-state index contributed by atoms with van der Waals surface area (Å²) in [5.41, 5.74) is 7.84. The number of fused-ring (bicyclic) bond motifs is 1. The van der Waals surface area contributed by atoms with Crippen molar-refractivity contribution in [3.05, 3.63) is 28.9 Å². The number of hydrogen-bond donors (Lipinski definition) is 1. The first kappa shape index (κ1) is 15.5. The number of benzene rings is 1. The predicted molar refractivity (Wildman–Crippen MR) is 88.5 cm³/mol. The largest absolute Gasteiger partial charge is 0.497 e. The van der Waals surface area contributed by atoms with Gasteiger partial charge in [0, 0.05) is 23.5 Å². The van der Waals surface area contributed by atoms with Gasteiger partial charge in [-0.15, -0.1) is 10.2 Å². The number of aromatic nitrogens is 2. The Morgan fingerprint density at radius 2 is 2.09 bits per heavy atom. The van der Waals surface area contributed by atoms with Gasteiger partial charge in [0.05, 0.1) is 12.6 Å². The lowest BCUT2D eigenvalue weighted by molar-refractivity contribution is 0.216. The average molecular weight is 321 g/mol. The highest BCUT2D eigenvalue weighted by Gasteiger charge is 2.17. The molecule has 1 aromatic carbocycles. The van der Waals surface area contributed by atoms with Crippen molar-refractivity contribution in [1.82, 2.24) is 15.1 Å². The predicted octanol–water partition coefficient (Wildman–Crippen LogP) is 2.26. The summed E-state index contributed by atoms with van der Waals surface area (Å²) in [6.07, 6.45) is 2.99. The summed E-state index contributed by atoms with van der Waals surface area (Å²) in [5.74, 6) is 0.807. The van der Waals surface area contributed by atoms with Gasteiger partial charge in [-0.05, 0) is 50.6 Å². The molecule has 2 N–H and O–H groups in total. The van der Waals surface area contributed by atoms with Gasteiger partial charge >= 0.3 is 0 Å². The highest BCUT2D eigenvalue weighted by Crippen LogP contribution is 2.27. The molecule has 0 bridgehead atoms. The van der Waals surface area contributed by atoms with Crippen molar-refractivity contribution < 1.29 is 4.74 Å². The van der Waals surface area contributed by atoms with Gasteiger partial charge in [0.1, 0.15) is 5.75 Å².